The zero-order valence-electron chi connectivity index (χ0n) is 9.61. The minimum Gasteiger partial charge on any atom is -0.385 e. The van der Waals surface area contributed by atoms with E-state index in [4.69, 9.17) is 0 Å². The lowest BCUT2D eigenvalue weighted by Crippen LogP contribution is -2.35. The summed E-state index contributed by atoms with van der Waals surface area (Å²) in [7, 11) is 0. The molecule has 3 atom stereocenters. The quantitative estimate of drug-likeness (QED) is 0.744. The van der Waals surface area contributed by atoms with Crippen LogP contribution in [0, 0.1) is 11.8 Å². The summed E-state index contributed by atoms with van der Waals surface area (Å²) in [4.78, 5) is 0. The van der Waals surface area contributed by atoms with E-state index in [1.54, 1.807) is 0 Å². The molecular weight excluding hydrogens is 184 g/mol. The van der Waals surface area contributed by atoms with E-state index in [0.717, 1.165) is 30.7 Å². The second-order valence-corrected chi connectivity index (χ2v) is 5.09. The predicted octanol–water partition coefficient (Wildman–Crippen LogP) is 3.33. The van der Waals surface area contributed by atoms with Crippen molar-refractivity contribution in [1.29, 1.82) is 0 Å². The Morgan fingerprint density at radius 2 is 1.80 bits per heavy atom. The fourth-order valence-corrected chi connectivity index (χ4v) is 2.60. The number of hydrogen-bond acceptors (Lipinski definition) is 1. The molecule has 0 heterocycles. The maximum Gasteiger partial charge on any atom is 0.0899 e. The summed E-state index contributed by atoms with van der Waals surface area (Å²) in [6, 6.07) is 10.1. The van der Waals surface area contributed by atoms with Crippen molar-refractivity contribution >= 4 is 0 Å². The molecule has 82 valence electrons. The summed E-state index contributed by atoms with van der Waals surface area (Å²) >= 11 is 0. The van der Waals surface area contributed by atoms with Crippen molar-refractivity contribution < 1.29 is 5.11 Å². The standard InChI is InChI=1S/C14H20O/c1-11-8-9-14(15,10-12(11)2)13-6-4-3-5-7-13/h3-7,11-12,15H,8-10H2,1-2H3/t11-,12+,14-/m1/s1. The molecule has 1 aliphatic rings. The number of benzene rings is 1. The Balaban J connectivity index is 2.21. The predicted molar refractivity (Wildman–Crippen MR) is 62.5 cm³/mol. The van der Waals surface area contributed by atoms with Gasteiger partial charge in [0.15, 0.2) is 0 Å². The zero-order valence-corrected chi connectivity index (χ0v) is 9.61. The highest BCUT2D eigenvalue weighted by Gasteiger charge is 2.36. The summed E-state index contributed by atoms with van der Waals surface area (Å²) in [6.07, 6.45) is 2.94. The smallest absolute Gasteiger partial charge is 0.0899 e. The molecule has 0 bridgehead atoms. The average Bonchev–Trinajstić information content (AvgIpc) is 2.26. The Morgan fingerprint density at radius 1 is 1.13 bits per heavy atom. The van der Waals surface area contributed by atoms with Gasteiger partial charge in [-0.25, -0.2) is 0 Å². The minimum atomic E-state index is -0.576. The van der Waals surface area contributed by atoms with E-state index in [1.807, 2.05) is 30.3 Å². The van der Waals surface area contributed by atoms with Gasteiger partial charge in [-0.1, -0.05) is 44.2 Å². The number of aliphatic hydroxyl groups is 1. The molecule has 1 fully saturated rings. The molecule has 0 unspecified atom stereocenters. The van der Waals surface area contributed by atoms with Crippen molar-refractivity contribution in [2.75, 3.05) is 0 Å². The normalized spacial score (nSPS) is 36.5. The van der Waals surface area contributed by atoms with Crippen molar-refractivity contribution in [2.45, 2.75) is 38.7 Å². The van der Waals surface area contributed by atoms with Gasteiger partial charge in [0.2, 0.25) is 0 Å². The fourth-order valence-electron chi connectivity index (χ4n) is 2.60. The second kappa shape index (κ2) is 3.97. The molecule has 1 aliphatic carbocycles. The maximum absolute atomic E-state index is 10.6. The first-order valence-corrected chi connectivity index (χ1v) is 5.90. The van der Waals surface area contributed by atoms with E-state index in [9.17, 15) is 5.11 Å². The van der Waals surface area contributed by atoms with Crippen LogP contribution in [0.15, 0.2) is 30.3 Å². The molecule has 1 saturated carbocycles. The van der Waals surface area contributed by atoms with Crippen LogP contribution < -0.4 is 0 Å². The molecule has 1 N–H and O–H groups in total. The second-order valence-electron chi connectivity index (χ2n) is 5.09. The van der Waals surface area contributed by atoms with E-state index in [0.29, 0.717) is 5.92 Å². The van der Waals surface area contributed by atoms with Crippen LogP contribution in [0.4, 0.5) is 0 Å². The van der Waals surface area contributed by atoms with Gasteiger partial charge in [0.25, 0.3) is 0 Å². The minimum absolute atomic E-state index is 0.576. The van der Waals surface area contributed by atoms with Gasteiger partial charge in [-0.2, -0.15) is 0 Å². The molecule has 15 heavy (non-hydrogen) atoms. The van der Waals surface area contributed by atoms with E-state index < -0.39 is 5.60 Å². The van der Waals surface area contributed by atoms with Crippen LogP contribution in [0.25, 0.3) is 0 Å². The van der Waals surface area contributed by atoms with Crippen LogP contribution in [0.3, 0.4) is 0 Å². The van der Waals surface area contributed by atoms with Crippen molar-refractivity contribution in [3.05, 3.63) is 35.9 Å². The van der Waals surface area contributed by atoms with E-state index in [2.05, 4.69) is 13.8 Å². The van der Waals surface area contributed by atoms with Gasteiger partial charge in [0.05, 0.1) is 5.60 Å². The lowest BCUT2D eigenvalue weighted by molar-refractivity contribution is -0.0336. The summed E-state index contributed by atoms with van der Waals surface area (Å²) < 4.78 is 0. The Hall–Kier alpha value is -0.820. The van der Waals surface area contributed by atoms with Crippen LogP contribution in [-0.2, 0) is 5.60 Å². The Labute approximate surface area is 92.1 Å². The fraction of sp³-hybridized carbons (Fsp3) is 0.571. The highest BCUT2D eigenvalue weighted by Crippen LogP contribution is 2.42. The van der Waals surface area contributed by atoms with Crippen molar-refractivity contribution in [3.63, 3.8) is 0 Å². The van der Waals surface area contributed by atoms with Crippen molar-refractivity contribution in [1.82, 2.24) is 0 Å². The molecular formula is C14H20O. The summed E-state index contributed by atoms with van der Waals surface area (Å²) in [5, 5.41) is 10.6. The van der Waals surface area contributed by atoms with Gasteiger partial charge in [0, 0.05) is 0 Å². The monoisotopic (exact) mass is 204 g/mol. The third kappa shape index (κ3) is 2.07. The third-order valence-corrected chi connectivity index (χ3v) is 3.96. The van der Waals surface area contributed by atoms with E-state index in [-0.39, 0.29) is 0 Å². The largest absolute Gasteiger partial charge is 0.385 e. The molecule has 1 heteroatoms. The molecule has 0 aliphatic heterocycles. The maximum atomic E-state index is 10.6. The Bertz CT molecular complexity index is 319. The van der Waals surface area contributed by atoms with Crippen LogP contribution in [0.2, 0.25) is 0 Å². The number of hydrogen-bond donors (Lipinski definition) is 1. The molecule has 0 radical (unpaired) electrons. The molecule has 2 rings (SSSR count). The molecule has 0 saturated heterocycles. The lowest BCUT2D eigenvalue weighted by atomic mass is 9.70. The number of rotatable bonds is 1. The SMILES string of the molecule is C[C@@H]1CC[C@](O)(c2ccccc2)C[C@@H]1C. The molecule has 0 spiro atoms. The van der Waals surface area contributed by atoms with Gasteiger partial charge in [0.1, 0.15) is 0 Å². The Kier molecular flexibility index (Phi) is 2.83. The van der Waals surface area contributed by atoms with Crippen LogP contribution in [0.1, 0.15) is 38.7 Å². The molecule has 1 nitrogen and oxygen atoms in total. The van der Waals surface area contributed by atoms with Gasteiger partial charge in [-0.15, -0.1) is 0 Å². The highest BCUT2D eigenvalue weighted by molar-refractivity contribution is 5.23. The van der Waals surface area contributed by atoms with Crippen molar-refractivity contribution in [3.8, 4) is 0 Å². The molecule has 0 aromatic heterocycles. The van der Waals surface area contributed by atoms with Crippen LogP contribution in [-0.4, -0.2) is 5.11 Å². The van der Waals surface area contributed by atoms with Gasteiger partial charge >= 0.3 is 0 Å². The van der Waals surface area contributed by atoms with Crippen molar-refractivity contribution in [2.24, 2.45) is 11.8 Å². The zero-order chi connectivity index (χ0) is 10.9. The first kappa shape index (κ1) is 10.7. The first-order valence-electron chi connectivity index (χ1n) is 5.90. The van der Waals surface area contributed by atoms with Gasteiger partial charge in [-0.3, -0.25) is 0 Å². The first-order chi connectivity index (χ1) is 7.12. The summed E-state index contributed by atoms with van der Waals surface area (Å²) in [6.45, 7) is 4.53. The Morgan fingerprint density at radius 3 is 2.40 bits per heavy atom. The van der Waals surface area contributed by atoms with Crippen LogP contribution >= 0.6 is 0 Å². The summed E-state index contributed by atoms with van der Waals surface area (Å²) in [5.74, 6) is 1.36. The molecule has 1 aromatic carbocycles. The van der Waals surface area contributed by atoms with Gasteiger partial charge in [-0.05, 0) is 36.7 Å². The van der Waals surface area contributed by atoms with E-state index >= 15 is 0 Å². The third-order valence-electron chi connectivity index (χ3n) is 3.96. The molecule has 1 aromatic rings. The molecule has 0 amide bonds. The highest BCUT2D eigenvalue weighted by atomic mass is 16.3. The lowest BCUT2D eigenvalue weighted by Gasteiger charge is -2.39. The van der Waals surface area contributed by atoms with Gasteiger partial charge < -0.3 is 5.11 Å². The van der Waals surface area contributed by atoms with Crippen LogP contribution in [0.5, 0.6) is 0 Å². The average molecular weight is 204 g/mol. The topological polar surface area (TPSA) is 20.2 Å². The van der Waals surface area contributed by atoms with E-state index in [1.165, 1.54) is 0 Å². The summed E-state index contributed by atoms with van der Waals surface area (Å²) in [5.41, 5.74) is 0.511.